The van der Waals surface area contributed by atoms with Gasteiger partial charge in [0.2, 0.25) is 5.89 Å². The van der Waals surface area contributed by atoms with Crippen LogP contribution in [0.15, 0.2) is 58.2 Å². The Hall–Kier alpha value is -3.13. The van der Waals surface area contributed by atoms with Gasteiger partial charge in [-0.1, -0.05) is 47.6 Å². The van der Waals surface area contributed by atoms with Crippen LogP contribution in [0.4, 0.5) is 0 Å². The highest BCUT2D eigenvalue weighted by molar-refractivity contribution is 7.98. The van der Waals surface area contributed by atoms with Crippen molar-refractivity contribution in [3.05, 3.63) is 65.8 Å². The fourth-order valence-electron chi connectivity index (χ4n) is 3.04. The molecule has 0 aliphatic rings. The summed E-state index contributed by atoms with van der Waals surface area (Å²) in [6, 6.07) is 16.2. The van der Waals surface area contributed by atoms with E-state index in [2.05, 4.69) is 39.4 Å². The Labute approximate surface area is 179 Å². The summed E-state index contributed by atoms with van der Waals surface area (Å²) in [5, 5.41) is 13.7. The molecule has 0 saturated carbocycles. The third kappa shape index (κ3) is 4.38. The summed E-state index contributed by atoms with van der Waals surface area (Å²) < 4.78 is 12.9. The zero-order valence-corrected chi connectivity index (χ0v) is 18.0. The lowest BCUT2D eigenvalue weighted by Crippen LogP contribution is -2.00. The van der Waals surface area contributed by atoms with Gasteiger partial charge in [-0.2, -0.15) is 4.98 Å². The largest absolute Gasteiger partial charge is 0.494 e. The number of benzene rings is 2. The molecule has 4 rings (SSSR count). The Morgan fingerprint density at radius 3 is 2.60 bits per heavy atom. The Morgan fingerprint density at radius 2 is 1.90 bits per heavy atom. The topological polar surface area (TPSA) is 78.9 Å². The first-order chi connectivity index (χ1) is 14.7. The quantitative estimate of drug-likeness (QED) is 0.375. The maximum Gasteiger partial charge on any atom is 0.237 e. The third-order valence-electron chi connectivity index (χ3n) is 4.47. The summed E-state index contributed by atoms with van der Waals surface area (Å²) in [5.41, 5.74) is 3.14. The van der Waals surface area contributed by atoms with Gasteiger partial charge in [-0.3, -0.25) is 4.57 Å². The number of rotatable bonds is 8. The molecule has 2 heterocycles. The molecule has 0 aliphatic heterocycles. The van der Waals surface area contributed by atoms with Gasteiger partial charge in [0.1, 0.15) is 5.75 Å². The normalized spacial score (nSPS) is 11.0. The van der Waals surface area contributed by atoms with Gasteiger partial charge in [0, 0.05) is 17.7 Å². The molecule has 154 valence electrons. The Kier molecular flexibility index (Phi) is 6.13. The lowest BCUT2D eigenvalue weighted by molar-refractivity contribution is 0.340. The number of hydrogen-bond acceptors (Lipinski definition) is 7. The van der Waals surface area contributed by atoms with Crippen molar-refractivity contribution in [1.29, 1.82) is 0 Å². The molecule has 0 bridgehead atoms. The molecular formula is C22H23N5O2S. The molecule has 0 amide bonds. The predicted octanol–water partition coefficient (Wildman–Crippen LogP) is 4.88. The lowest BCUT2D eigenvalue weighted by Gasteiger charge is -2.11. The summed E-state index contributed by atoms with van der Waals surface area (Å²) in [6.45, 7) is 6.67. The van der Waals surface area contributed by atoms with Crippen molar-refractivity contribution in [3.8, 4) is 22.8 Å². The molecule has 0 spiro atoms. The van der Waals surface area contributed by atoms with E-state index in [9.17, 15) is 0 Å². The van der Waals surface area contributed by atoms with E-state index in [0.717, 1.165) is 34.4 Å². The molecule has 0 saturated heterocycles. The zero-order valence-electron chi connectivity index (χ0n) is 17.2. The first-order valence-corrected chi connectivity index (χ1v) is 10.9. The van der Waals surface area contributed by atoms with Crippen LogP contribution in [0.3, 0.4) is 0 Å². The van der Waals surface area contributed by atoms with Crippen molar-refractivity contribution in [1.82, 2.24) is 24.9 Å². The van der Waals surface area contributed by atoms with Crippen molar-refractivity contribution in [2.24, 2.45) is 0 Å². The molecule has 7 nitrogen and oxygen atoms in total. The average molecular weight is 422 g/mol. The minimum Gasteiger partial charge on any atom is -0.494 e. The van der Waals surface area contributed by atoms with Gasteiger partial charge in [0.25, 0.3) is 0 Å². The molecular weight excluding hydrogens is 398 g/mol. The van der Waals surface area contributed by atoms with Crippen LogP contribution in [-0.4, -0.2) is 31.5 Å². The molecule has 8 heteroatoms. The van der Waals surface area contributed by atoms with Crippen molar-refractivity contribution < 1.29 is 9.26 Å². The number of hydrogen-bond donors (Lipinski definition) is 0. The summed E-state index contributed by atoms with van der Waals surface area (Å²) in [6.07, 6.45) is 0.744. The Balaban J connectivity index is 1.70. The maximum absolute atomic E-state index is 5.58. The monoisotopic (exact) mass is 421 g/mol. The number of nitrogens with zero attached hydrogens (tertiary/aromatic N) is 5. The highest BCUT2D eigenvalue weighted by atomic mass is 32.2. The summed E-state index contributed by atoms with van der Waals surface area (Å²) in [7, 11) is 0. The smallest absolute Gasteiger partial charge is 0.237 e. The molecule has 0 fully saturated rings. The summed E-state index contributed by atoms with van der Waals surface area (Å²) in [4.78, 5) is 4.38. The van der Waals surface area contributed by atoms with Crippen molar-refractivity contribution in [2.45, 2.75) is 38.1 Å². The SMILES string of the molecule is CCOc1ccc(-n2c(SCc3nc(CC)no3)nnc2-c2cccc(C)c2)cc1. The fourth-order valence-corrected chi connectivity index (χ4v) is 3.83. The van der Waals surface area contributed by atoms with Gasteiger partial charge in [0.05, 0.1) is 12.4 Å². The molecule has 30 heavy (non-hydrogen) atoms. The molecule has 4 aromatic rings. The van der Waals surface area contributed by atoms with Gasteiger partial charge in [-0.25, -0.2) is 0 Å². The van der Waals surface area contributed by atoms with Crippen LogP contribution >= 0.6 is 11.8 Å². The Morgan fingerprint density at radius 1 is 1.07 bits per heavy atom. The van der Waals surface area contributed by atoms with Gasteiger partial charge in [0.15, 0.2) is 16.8 Å². The first kappa shape index (κ1) is 20.2. The zero-order chi connectivity index (χ0) is 20.9. The average Bonchev–Trinajstić information content (AvgIpc) is 3.40. The van der Waals surface area contributed by atoms with E-state index < -0.39 is 0 Å². The minimum absolute atomic E-state index is 0.524. The Bertz CT molecular complexity index is 1120. The molecule has 0 N–H and O–H groups in total. The first-order valence-electron chi connectivity index (χ1n) is 9.88. The van der Waals surface area contributed by atoms with Gasteiger partial charge in [-0.15, -0.1) is 10.2 Å². The second-order valence-electron chi connectivity index (χ2n) is 6.68. The molecule has 0 aliphatic carbocycles. The lowest BCUT2D eigenvalue weighted by atomic mass is 10.1. The second-order valence-corrected chi connectivity index (χ2v) is 7.63. The van der Waals surface area contributed by atoms with Crippen molar-refractivity contribution >= 4 is 11.8 Å². The number of aryl methyl sites for hydroxylation is 2. The highest BCUT2D eigenvalue weighted by Crippen LogP contribution is 2.30. The van der Waals surface area contributed by atoms with Crippen LogP contribution in [-0.2, 0) is 12.2 Å². The standard InChI is InChI=1S/C22H23N5O2S/c1-4-19-23-20(29-26-19)14-30-22-25-24-21(16-8-6-7-15(3)13-16)27(22)17-9-11-18(12-10-17)28-5-2/h6-13H,4-5,14H2,1-3H3. The minimum atomic E-state index is 0.524. The van der Waals surface area contributed by atoms with E-state index in [1.165, 1.54) is 17.3 Å². The molecule has 2 aromatic heterocycles. The maximum atomic E-state index is 5.58. The van der Waals surface area contributed by atoms with E-state index in [1.54, 1.807) is 0 Å². The molecule has 0 unspecified atom stereocenters. The van der Waals surface area contributed by atoms with Gasteiger partial charge in [-0.05, 0) is 44.2 Å². The van der Waals surface area contributed by atoms with E-state index in [-0.39, 0.29) is 0 Å². The van der Waals surface area contributed by atoms with Crippen LogP contribution in [0.25, 0.3) is 17.1 Å². The number of ether oxygens (including phenoxy) is 1. The van der Waals surface area contributed by atoms with Gasteiger partial charge < -0.3 is 9.26 Å². The fraction of sp³-hybridized carbons (Fsp3) is 0.273. The second kappa shape index (κ2) is 9.13. The van der Waals surface area contributed by atoms with Crippen molar-refractivity contribution in [2.75, 3.05) is 6.61 Å². The van der Waals surface area contributed by atoms with Crippen molar-refractivity contribution in [3.63, 3.8) is 0 Å². The molecule has 0 atom stereocenters. The highest BCUT2D eigenvalue weighted by Gasteiger charge is 2.18. The van der Waals surface area contributed by atoms with Crippen LogP contribution in [0.1, 0.15) is 31.1 Å². The third-order valence-corrected chi connectivity index (χ3v) is 5.38. The summed E-state index contributed by atoms with van der Waals surface area (Å²) >= 11 is 1.51. The van der Waals surface area contributed by atoms with E-state index in [0.29, 0.717) is 24.1 Å². The van der Waals surface area contributed by atoms with Crippen LogP contribution < -0.4 is 4.74 Å². The summed E-state index contributed by atoms with van der Waals surface area (Å²) in [5.74, 6) is 3.42. The van der Waals surface area contributed by atoms with Crippen LogP contribution in [0.2, 0.25) is 0 Å². The predicted molar refractivity (Wildman–Crippen MR) is 116 cm³/mol. The van der Waals surface area contributed by atoms with E-state index in [4.69, 9.17) is 9.26 Å². The van der Waals surface area contributed by atoms with E-state index in [1.807, 2.05) is 54.8 Å². The molecule has 0 radical (unpaired) electrons. The molecule has 2 aromatic carbocycles. The number of aromatic nitrogens is 5. The number of thioether (sulfide) groups is 1. The van der Waals surface area contributed by atoms with Crippen LogP contribution in [0, 0.1) is 6.92 Å². The van der Waals surface area contributed by atoms with E-state index >= 15 is 0 Å². The van der Waals surface area contributed by atoms with Gasteiger partial charge >= 0.3 is 0 Å². The van der Waals surface area contributed by atoms with Crippen LogP contribution in [0.5, 0.6) is 5.75 Å².